The van der Waals surface area contributed by atoms with Gasteiger partial charge in [-0.3, -0.25) is 0 Å². The van der Waals surface area contributed by atoms with Crippen molar-refractivity contribution in [2.45, 2.75) is 0 Å². The number of pyridine rings is 1. The Morgan fingerprint density at radius 3 is 1.44 bits per heavy atom. The number of aromatic nitrogens is 3. The van der Waals surface area contributed by atoms with Crippen LogP contribution in [-0.4, -0.2) is 15.0 Å². The Hall–Kier alpha value is -6.71. The third kappa shape index (κ3) is 5.61. The highest BCUT2D eigenvalue weighted by atomic mass is 14.9. The van der Waals surface area contributed by atoms with E-state index in [1.165, 1.54) is 22.3 Å². The van der Waals surface area contributed by atoms with Crippen molar-refractivity contribution < 1.29 is 0 Å². The molecule has 234 valence electrons. The number of fused-ring (bicyclic) bond motifs is 3. The molecule has 2 aromatic heterocycles. The van der Waals surface area contributed by atoms with Gasteiger partial charge in [-0.25, -0.2) is 15.0 Å². The molecule has 9 aromatic rings. The lowest BCUT2D eigenvalue weighted by Crippen LogP contribution is -1.96. The Kier molecular flexibility index (Phi) is 7.49. The molecule has 0 spiro atoms. The lowest BCUT2D eigenvalue weighted by atomic mass is 9.93. The van der Waals surface area contributed by atoms with Gasteiger partial charge in [-0.2, -0.15) is 0 Å². The summed E-state index contributed by atoms with van der Waals surface area (Å²) in [6.07, 6.45) is 0. The highest BCUT2D eigenvalue weighted by Gasteiger charge is 2.15. The summed E-state index contributed by atoms with van der Waals surface area (Å²) >= 11 is 0. The fourth-order valence-corrected chi connectivity index (χ4v) is 6.75. The molecule has 0 unspecified atom stereocenters. The van der Waals surface area contributed by atoms with Crippen LogP contribution in [0.4, 0.5) is 0 Å². The average Bonchev–Trinajstić information content (AvgIpc) is 3.21. The fourth-order valence-electron chi connectivity index (χ4n) is 6.75. The van der Waals surface area contributed by atoms with Crippen LogP contribution in [0.1, 0.15) is 0 Å². The number of rotatable bonds is 6. The van der Waals surface area contributed by atoms with E-state index in [0.717, 1.165) is 61.0 Å². The van der Waals surface area contributed by atoms with E-state index in [-0.39, 0.29) is 0 Å². The van der Waals surface area contributed by atoms with Crippen molar-refractivity contribution >= 4 is 21.7 Å². The number of nitrogens with zero attached hydrogens (tertiary/aromatic N) is 3. The summed E-state index contributed by atoms with van der Waals surface area (Å²) in [6.45, 7) is 0. The first-order valence-corrected chi connectivity index (χ1v) is 16.9. The molecule has 50 heavy (non-hydrogen) atoms. The van der Waals surface area contributed by atoms with Crippen LogP contribution in [0.3, 0.4) is 0 Å². The van der Waals surface area contributed by atoms with Crippen molar-refractivity contribution in [3.8, 4) is 67.4 Å². The summed E-state index contributed by atoms with van der Waals surface area (Å²) in [5.41, 5.74) is 12.6. The lowest BCUT2D eigenvalue weighted by Gasteiger charge is -2.14. The predicted molar refractivity (Wildman–Crippen MR) is 207 cm³/mol. The Balaban J connectivity index is 1.19. The van der Waals surface area contributed by atoms with E-state index in [9.17, 15) is 0 Å². The van der Waals surface area contributed by atoms with Crippen LogP contribution >= 0.6 is 0 Å². The van der Waals surface area contributed by atoms with E-state index in [1.807, 2.05) is 30.3 Å². The third-order valence-electron chi connectivity index (χ3n) is 9.29. The van der Waals surface area contributed by atoms with Crippen molar-refractivity contribution in [3.63, 3.8) is 0 Å². The van der Waals surface area contributed by atoms with Gasteiger partial charge >= 0.3 is 0 Å². The second-order valence-corrected chi connectivity index (χ2v) is 12.5. The molecule has 0 saturated heterocycles. The summed E-state index contributed by atoms with van der Waals surface area (Å²) in [6, 6.07) is 65.6. The molecule has 0 aliphatic heterocycles. The molecule has 9 rings (SSSR count). The van der Waals surface area contributed by atoms with E-state index >= 15 is 0 Å². The number of benzene rings is 7. The molecular weight excluding hydrogens is 607 g/mol. The monoisotopic (exact) mass is 637 g/mol. The van der Waals surface area contributed by atoms with Crippen molar-refractivity contribution in [1.82, 2.24) is 15.0 Å². The van der Waals surface area contributed by atoms with Crippen molar-refractivity contribution in [3.05, 3.63) is 188 Å². The molecule has 2 heterocycles. The van der Waals surface area contributed by atoms with Crippen molar-refractivity contribution in [1.29, 1.82) is 0 Å². The van der Waals surface area contributed by atoms with Crippen LogP contribution in [0.5, 0.6) is 0 Å². The highest BCUT2D eigenvalue weighted by Crippen LogP contribution is 2.38. The van der Waals surface area contributed by atoms with E-state index in [2.05, 4.69) is 158 Å². The Labute approximate surface area is 291 Å². The van der Waals surface area contributed by atoms with Gasteiger partial charge in [0.1, 0.15) is 0 Å². The number of hydrogen-bond acceptors (Lipinski definition) is 3. The van der Waals surface area contributed by atoms with Gasteiger partial charge in [-0.05, 0) is 57.3 Å². The van der Waals surface area contributed by atoms with E-state index in [1.54, 1.807) is 0 Å². The SMILES string of the molecule is c1ccc(-c2ccc(-c3cc(-c4ccc5c(ccc6nc(-c7ccccc7)cc(-c7ccccc7)c65)c4)nc(-c4ccccc4)n3)cc2)cc1. The average molecular weight is 638 g/mol. The summed E-state index contributed by atoms with van der Waals surface area (Å²) in [5.74, 6) is 0.702. The minimum absolute atomic E-state index is 0.702. The minimum atomic E-state index is 0.702. The minimum Gasteiger partial charge on any atom is -0.248 e. The second kappa shape index (κ2) is 12.7. The van der Waals surface area contributed by atoms with Crippen LogP contribution in [0.2, 0.25) is 0 Å². The molecule has 0 fully saturated rings. The zero-order valence-corrected chi connectivity index (χ0v) is 27.2. The van der Waals surface area contributed by atoms with Crippen LogP contribution < -0.4 is 0 Å². The van der Waals surface area contributed by atoms with Gasteiger partial charge in [0.15, 0.2) is 5.82 Å². The molecule has 0 aliphatic rings. The van der Waals surface area contributed by atoms with Gasteiger partial charge in [0.05, 0.1) is 22.6 Å². The fraction of sp³-hybridized carbons (Fsp3) is 0. The Morgan fingerprint density at radius 1 is 0.300 bits per heavy atom. The number of hydrogen-bond donors (Lipinski definition) is 0. The van der Waals surface area contributed by atoms with E-state index < -0.39 is 0 Å². The highest BCUT2D eigenvalue weighted by molar-refractivity contribution is 6.14. The smallest absolute Gasteiger partial charge is 0.160 e. The van der Waals surface area contributed by atoms with Crippen LogP contribution in [0, 0.1) is 0 Å². The molecule has 0 atom stereocenters. The molecule has 0 aliphatic carbocycles. The Bertz CT molecular complexity index is 2600. The van der Waals surface area contributed by atoms with Gasteiger partial charge in [-0.15, -0.1) is 0 Å². The first-order valence-electron chi connectivity index (χ1n) is 16.9. The molecular formula is C47H31N3. The molecule has 3 nitrogen and oxygen atoms in total. The van der Waals surface area contributed by atoms with Crippen LogP contribution in [0.25, 0.3) is 89.1 Å². The topological polar surface area (TPSA) is 38.7 Å². The van der Waals surface area contributed by atoms with Gasteiger partial charge < -0.3 is 0 Å². The van der Waals surface area contributed by atoms with Gasteiger partial charge in [0, 0.05) is 27.6 Å². The zero-order chi connectivity index (χ0) is 33.3. The maximum Gasteiger partial charge on any atom is 0.160 e. The lowest BCUT2D eigenvalue weighted by molar-refractivity contribution is 1.18. The molecule has 0 bridgehead atoms. The maximum atomic E-state index is 5.16. The Morgan fingerprint density at radius 2 is 0.780 bits per heavy atom. The summed E-state index contributed by atoms with van der Waals surface area (Å²) in [7, 11) is 0. The second-order valence-electron chi connectivity index (χ2n) is 12.5. The van der Waals surface area contributed by atoms with E-state index in [0.29, 0.717) is 5.82 Å². The zero-order valence-electron chi connectivity index (χ0n) is 27.2. The summed E-state index contributed by atoms with van der Waals surface area (Å²) < 4.78 is 0. The quantitative estimate of drug-likeness (QED) is 0.170. The van der Waals surface area contributed by atoms with E-state index in [4.69, 9.17) is 15.0 Å². The van der Waals surface area contributed by atoms with Gasteiger partial charge in [0.2, 0.25) is 0 Å². The molecule has 0 N–H and O–H groups in total. The summed E-state index contributed by atoms with van der Waals surface area (Å²) in [4.78, 5) is 15.3. The van der Waals surface area contributed by atoms with Crippen LogP contribution in [-0.2, 0) is 0 Å². The molecule has 0 radical (unpaired) electrons. The molecule has 0 amide bonds. The normalized spacial score (nSPS) is 11.2. The first kappa shape index (κ1) is 29.4. The molecule has 3 heteroatoms. The largest absolute Gasteiger partial charge is 0.248 e. The van der Waals surface area contributed by atoms with Crippen molar-refractivity contribution in [2.24, 2.45) is 0 Å². The first-order chi connectivity index (χ1) is 24.8. The van der Waals surface area contributed by atoms with Crippen LogP contribution in [0.15, 0.2) is 188 Å². The third-order valence-corrected chi connectivity index (χ3v) is 9.29. The predicted octanol–water partition coefficient (Wildman–Crippen LogP) is 12.2. The van der Waals surface area contributed by atoms with Gasteiger partial charge in [0.25, 0.3) is 0 Å². The maximum absolute atomic E-state index is 5.16. The molecule has 0 saturated carbocycles. The van der Waals surface area contributed by atoms with Crippen molar-refractivity contribution in [2.75, 3.05) is 0 Å². The summed E-state index contributed by atoms with van der Waals surface area (Å²) in [5, 5.41) is 3.44. The van der Waals surface area contributed by atoms with Gasteiger partial charge in [-0.1, -0.05) is 164 Å². The standard InChI is InChI=1S/C47H31N3/c1-5-13-32(14-6-1)33-21-23-36(24-22-33)44-31-45(50-47(49-44)37-19-11-4-12-20-37)39-25-27-40-38(29-39)26-28-42-46(40)41(34-15-7-2-8-16-34)30-43(48-42)35-17-9-3-10-18-35/h1-31H. The molecule has 7 aromatic carbocycles.